The van der Waals surface area contributed by atoms with Gasteiger partial charge in [-0.1, -0.05) is 20.8 Å². The molecule has 13 heavy (non-hydrogen) atoms. The van der Waals surface area contributed by atoms with Gasteiger partial charge in [-0.15, -0.1) is 0 Å². The molecule has 0 fully saturated rings. The SMILES string of the molecule is CC(C)(C)C(=O)NCc1cn[nH]c1. The maximum Gasteiger partial charge on any atom is 0.225 e. The molecule has 0 aliphatic rings. The topological polar surface area (TPSA) is 57.8 Å². The molecule has 1 heterocycles. The van der Waals surface area contributed by atoms with E-state index in [2.05, 4.69) is 15.5 Å². The van der Waals surface area contributed by atoms with Crippen LogP contribution in [0, 0.1) is 5.41 Å². The van der Waals surface area contributed by atoms with E-state index in [1.165, 1.54) is 0 Å². The standard InChI is InChI=1S/C9H15N3O/c1-9(2,3)8(13)10-4-7-5-11-12-6-7/h5-6H,4H2,1-3H3,(H,10,13)(H,11,12). The van der Waals surface area contributed by atoms with Crippen LogP contribution >= 0.6 is 0 Å². The molecule has 1 rings (SSSR count). The van der Waals surface area contributed by atoms with Crippen LogP contribution in [0.25, 0.3) is 0 Å². The average molecular weight is 181 g/mol. The van der Waals surface area contributed by atoms with Gasteiger partial charge in [-0.25, -0.2) is 0 Å². The van der Waals surface area contributed by atoms with E-state index in [0.29, 0.717) is 6.54 Å². The van der Waals surface area contributed by atoms with E-state index in [9.17, 15) is 4.79 Å². The van der Waals surface area contributed by atoms with Crippen molar-refractivity contribution in [2.45, 2.75) is 27.3 Å². The molecule has 0 atom stereocenters. The van der Waals surface area contributed by atoms with Gasteiger partial charge in [-0.3, -0.25) is 9.89 Å². The van der Waals surface area contributed by atoms with Gasteiger partial charge in [0.1, 0.15) is 0 Å². The maximum absolute atomic E-state index is 11.4. The first kappa shape index (κ1) is 9.77. The average Bonchev–Trinajstić information content (AvgIpc) is 2.50. The summed E-state index contributed by atoms with van der Waals surface area (Å²) in [5, 5.41) is 9.30. The fourth-order valence-electron chi connectivity index (χ4n) is 0.822. The van der Waals surface area contributed by atoms with Crippen molar-refractivity contribution in [3.05, 3.63) is 18.0 Å². The van der Waals surface area contributed by atoms with Crippen molar-refractivity contribution in [2.75, 3.05) is 0 Å². The zero-order chi connectivity index (χ0) is 9.90. The van der Waals surface area contributed by atoms with Gasteiger partial charge in [0.15, 0.2) is 0 Å². The van der Waals surface area contributed by atoms with E-state index in [4.69, 9.17) is 0 Å². The van der Waals surface area contributed by atoms with Gasteiger partial charge in [0.2, 0.25) is 5.91 Å². The first-order chi connectivity index (χ1) is 6.00. The Hall–Kier alpha value is -1.32. The van der Waals surface area contributed by atoms with Crippen molar-refractivity contribution in [1.29, 1.82) is 0 Å². The van der Waals surface area contributed by atoms with Crippen molar-refractivity contribution in [3.63, 3.8) is 0 Å². The molecule has 4 nitrogen and oxygen atoms in total. The fourth-order valence-corrected chi connectivity index (χ4v) is 0.822. The highest BCUT2D eigenvalue weighted by molar-refractivity contribution is 5.81. The largest absolute Gasteiger partial charge is 0.351 e. The number of carbonyl (C=O) groups excluding carboxylic acids is 1. The van der Waals surface area contributed by atoms with E-state index < -0.39 is 0 Å². The highest BCUT2D eigenvalue weighted by Gasteiger charge is 2.20. The van der Waals surface area contributed by atoms with Crippen LogP contribution in [0.4, 0.5) is 0 Å². The molecule has 0 saturated heterocycles. The summed E-state index contributed by atoms with van der Waals surface area (Å²) in [6.07, 6.45) is 3.46. The first-order valence-electron chi connectivity index (χ1n) is 4.26. The monoisotopic (exact) mass is 181 g/mol. The molecule has 0 spiro atoms. The zero-order valence-corrected chi connectivity index (χ0v) is 8.22. The number of amides is 1. The third kappa shape index (κ3) is 2.89. The Kier molecular flexibility index (Phi) is 2.70. The first-order valence-corrected chi connectivity index (χ1v) is 4.26. The molecule has 1 amide bonds. The molecule has 0 aliphatic heterocycles. The lowest BCUT2D eigenvalue weighted by Gasteiger charge is -2.16. The quantitative estimate of drug-likeness (QED) is 0.717. The number of carbonyl (C=O) groups is 1. The van der Waals surface area contributed by atoms with Crippen LogP contribution < -0.4 is 5.32 Å². The molecule has 0 radical (unpaired) electrons. The molecule has 0 unspecified atom stereocenters. The van der Waals surface area contributed by atoms with Crippen LogP contribution in [-0.2, 0) is 11.3 Å². The summed E-state index contributed by atoms with van der Waals surface area (Å²) in [7, 11) is 0. The predicted molar refractivity (Wildman–Crippen MR) is 49.9 cm³/mol. The number of hydrogen-bond donors (Lipinski definition) is 2. The number of rotatable bonds is 2. The molecule has 72 valence electrons. The molecule has 0 saturated carbocycles. The van der Waals surface area contributed by atoms with Crippen molar-refractivity contribution in [3.8, 4) is 0 Å². The number of hydrogen-bond acceptors (Lipinski definition) is 2. The van der Waals surface area contributed by atoms with Crippen LogP contribution in [0.1, 0.15) is 26.3 Å². The van der Waals surface area contributed by atoms with Crippen molar-refractivity contribution in [2.24, 2.45) is 5.41 Å². The molecule has 0 aromatic carbocycles. The second kappa shape index (κ2) is 3.60. The Morgan fingerprint density at radius 2 is 2.31 bits per heavy atom. The maximum atomic E-state index is 11.4. The predicted octanol–water partition coefficient (Wildman–Crippen LogP) is 1.07. The molecule has 0 aliphatic carbocycles. The fraction of sp³-hybridized carbons (Fsp3) is 0.556. The summed E-state index contributed by atoms with van der Waals surface area (Å²) in [6, 6.07) is 0. The van der Waals surface area contributed by atoms with E-state index in [-0.39, 0.29) is 11.3 Å². The molecule has 2 N–H and O–H groups in total. The van der Waals surface area contributed by atoms with Crippen molar-refractivity contribution < 1.29 is 4.79 Å². The van der Waals surface area contributed by atoms with Crippen LogP contribution in [0.5, 0.6) is 0 Å². The summed E-state index contributed by atoms with van der Waals surface area (Å²) in [5.41, 5.74) is 0.654. The lowest BCUT2D eigenvalue weighted by Crippen LogP contribution is -2.34. The smallest absolute Gasteiger partial charge is 0.225 e. The van der Waals surface area contributed by atoms with Crippen LogP contribution in [0.3, 0.4) is 0 Å². The summed E-state index contributed by atoms with van der Waals surface area (Å²) in [5.74, 6) is 0.0497. The van der Waals surface area contributed by atoms with E-state index in [1.54, 1.807) is 12.4 Å². The number of H-pyrrole nitrogens is 1. The molecular weight excluding hydrogens is 166 g/mol. The molecular formula is C9H15N3O. The van der Waals surface area contributed by atoms with E-state index >= 15 is 0 Å². The van der Waals surface area contributed by atoms with Gasteiger partial charge in [-0.2, -0.15) is 5.10 Å². The Morgan fingerprint density at radius 1 is 1.62 bits per heavy atom. The second-order valence-corrected chi connectivity index (χ2v) is 4.04. The third-order valence-electron chi connectivity index (χ3n) is 1.69. The Morgan fingerprint density at radius 3 is 2.77 bits per heavy atom. The summed E-state index contributed by atoms with van der Waals surface area (Å²) in [4.78, 5) is 11.4. The minimum atomic E-state index is -0.330. The second-order valence-electron chi connectivity index (χ2n) is 4.04. The minimum Gasteiger partial charge on any atom is -0.351 e. The number of nitrogens with zero attached hydrogens (tertiary/aromatic N) is 1. The highest BCUT2D eigenvalue weighted by Crippen LogP contribution is 2.12. The highest BCUT2D eigenvalue weighted by atomic mass is 16.2. The Balaban J connectivity index is 2.40. The zero-order valence-electron chi connectivity index (χ0n) is 8.22. The summed E-state index contributed by atoms with van der Waals surface area (Å²) >= 11 is 0. The van der Waals surface area contributed by atoms with E-state index in [0.717, 1.165) is 5.56 Å². The lowest BCUT2D eigenvalue weighted by atomic mass is 9.96. The number of aromatic amines is 1. The molecule has 1 aromatic rings. The normalized spacial score (nSPS) is 11.3. The molecule has 0 bridgehead atoms. The van der Waals surface area contributed by atoms with Crippen LogP contribution in [-0.4, -0.2) is 16.1 Å². The molecule has 4 heteroatoms. The van der Waals surface area contributed by atoms with Crippen LogP contribution in [0.15, 0.2) is 12.4 Å². The van der Waals surface area contributed by atoms with Crippen molar-refractivity contribution in [1.82, 2.24) is 15.5 Å². The van der Waals surface area contributed by atoms with Crippen LogP contribution in [0.2, 0.25) is 0 Å². The van der Waals surface area contributed by atoms with Gasteiger partial charge < -0.3 is 5.32 Å². The van der Waals surface area contributed by atoms with Crippen molar-refractivity contribution >= 4 is 5.91 Å². The Labute approximate surface area is 77.7 Å². The van der Waals surface area contributed by atoms with Gasteiger partial charge in [-0.05, 0) is 0 Å². The Bertz CT molecular complexity index is 272. The lowest BCUT2D eigenvalue weighted by molar-refractivity contribution is -0.128. The molecule has 1 aromatic heterocycles. The number of aromatic nitrogens is 2. The van der Waals surface area contributed by atoms with E-state index in [1.807, 2.05) is 20.8 Å². The van der Waals surface area contributed by atoms with Gasteiger partial charge in [0.25, 0.3) is 0 Å². The summed E-state index contributed by atoms with van der Waals surface area (Å²) in [6.45, 7) is 6.19. The summed E-state index contributed by atoms with van der Waals surface area (Å²) < 4.78 is 0. The van der Waals surface area contributed by atoms with Gasteiger partial charge in [0, 0.05) is 23.7 Å². The third-order valence-corrected chi connectivity index (χ3v) is 1.69. The number of nitrogens with one attached hydrogen (secondary N) is 2. The van der Waals surface area contributed by atoms with Gasteiger partial charge >= 0.3 is 0 Å². The minimum absolute atomic E-state index is 0.0497. The van der Waals surface area contributed by atoms with Gasteiger partial charge in [0.05, 0.1) is 6.20 Å².